The van der Waals surface area contributed by atoms with Crippen LogP contribution in [0.4, 0.5) is 5.69 Å². The van der Waals surface area contributed by atoms with Crippen molar-refractivity contribution >= 4 is 39.6 Å². The highest BCUT2D eigenvalue weighted by atomic mass is 79.9. The number of halogens is 1. The second kappa shape index (κ2) is 6.37. The topological polar surface area (TPSA) is 70.0 Å². The van der Waals surface area contributed by atoms with Gasteiger partial charge < -0.3 is 5.21 Å². The molecule has 0 saturated carbocycles. The molecule has 3 aliphatic carbocycles. The molecule has 2 atom stereocenters. The quantitative estimate of drug-likeness (QED) is 0.259. The van der Waals surface area contributed by atoms with Gasteiger partial charge >= 0.3 is 0 Å². The van der Waals surface area contributed by atoms with Gasteiger partial charge in [0.1, 0.15) is 0 Å². The second-order valence-electron chi connectivity index (χ2n) is 8.26. The Morgan fingerprint density at radius 3 is 2.03 bits per heavy atom. The number of imide groups is 1. The van der Waals surface area contributed by atoms with Crippen LogP contribution in [0.15, 0.2) is 82.4 Å². The maximum atomic E-state index is 13.9. The molecule has 2 bridgehead atoms. The first-order valence-electron chi connectivity index (χ1n) is 10.1. The van der Waals surface area contributed by atoms with Crippen molar-refractivity contribution in [3.63, 3.8) is 0 Å². The van der Waals surface area contributed by atoms with Crippen molar-refractivity contribution in [3.8, 4) is 0 Å². The van der Waals surface area contributed by atoms with Crippen LogP contribution in [0, 0.1) is 11.8 Å². The molecule has 1 saturated heterocycles. The molecule has 1 heterocycles. The summed E-state index contributed by atoms with van der Waals surface area (Å²) in [4.78, 5) is 29.0. The third-order valence-corrected chi connectivity index (χ3v) is 7.56. The Hall–Kier alpha value is -3.25. The minimum Gasteiger partial charge on any atom is -0.411 e. The summed E-state index contributed by atoms with van der Waals surface area (Å²) in [6, 6.07) is 22.9. The molecule has 7 rings (SSSR count). The van der Waals surface area contributed by atoms with Gasteiger partial charge in [0.15, 0.2) is 0 Å². The number of amides is 2. The van der Waals surface area contributed by atoms with Crippen molar-refractivity contribution in [2.45, 2.75) is 11.3 Å². The zero-order valence-corrected chi connectivity index (χ0v) is 17.9. The molecule has 1 N–H and O–H groups in total. The molecule has 0 spiro atoms. The van der Waals surface area contributed by atoms with E-state index < -0.39 is 17.3 Å². The highest BCUT2D eigenvalue weighted by Crippen LogP contribution is 2.63. The largest absolute Gasteiger partial charge is 0.411 e. The molecular formula is C25H17BrN2O3. The molecule has 3 aromatic rings. The maximum Gasteiger partial charge on any atom is 0.239 e. The number of hydrogen-bond donors (Lipinski definition) is 1. The molecule has 1 fully saturated rings. The molecular weight excluding hydrogens is 456 g/mol. The highest BCUT2D eigenvalue weighted by molar-refractivity contribution is 9.10. The normalized spacial score (nSPS) is 28.0. The number of rotatable bonds is 2. The van der Waals surface area contributed by atoms with E-state index in [9.17, 15) is 14.8 Å². The van der Waals surface area contributed by atoms with Gasteiger partial charge in [-0.2, -0.15) is 0 Å². The SMILES string of the molecule is O=C1[C@H]2C3c4ccccc4C(/C=N\O)(c4ccccc43)[C@H]2C(=O)N1c1ccc(Br)cc1. The van der Waals surface area contributed by atoms with Gasteiger partial charge in [0.05, 0.1) is 29.2 Å². The molecule has 2 amide bonds. The van der Waals surface area contributed by atoms with Gasteiger partial charge in [0.2, 0.25) is 11.8 Å². The van der Waals surface area contributed by atoms with E-state index in [-0.39, 0.29) is 17.7 Å². The van der Waals surface area contributed by atoms with Crippen molar-refractivity contribution in [3.05, 3.63) is 99.5 Å². The molecule has 152 valence electrons. The average molecular weight is 473 g/mol. The standard InChI is InChI=1S/C25H17BrN2O3/c26-14-9-11-15(12-10-14)28-23(29)21-20-16-5-1-3-7-18(16)25(13-27-31,22(21)24(28)30)19-8-4-2-6-17(19)20/h1-13,20-22,31H/b27-13-/t20?,21-,22+,25?/m0/s1. The predicted octanol–water partition coefficient (Wildman–Crippen LogP) is 4.46. The summed E-state index contributed by atoms with van der Waals surface area (Å²) in [5.41, 5.74) is 3.43. The number of benzene rings is 3. The fourth-order valence-corrected chi connectivity index (χ4v) is 6.25. The average Bonchev–Trinajstić information content (AvgIpc) is 3.06. The lowest BCUT2D eigenvalue weighted by molar-refractivity contribution is -0.122. The van der Waals surface area contributed by atoms with E-state index in [0.29, 0.717) is 5.69 Å². The van der Waals surface area contributed by atoms with Crippen LogP contribution in [0.1, 0.15) is 28.2 Å². The monoisotopic (exact) mass is 472 g/mol. The van der Waals surface area contributed by atoms with Gasteiger partial charge in [0.25, 0.3) is 0 Å². The van der Waals surface area contributed by atoms with Gasteiger partial charge in [-0.3, -0.25) is 9.59 Å². The zero-order valence-electron chi connectivity index (χ0n) is 16.3. The van der Waals surface area contributed by atoms with E-state index in [2.05, 4.69) is 21.1 Å². The van der Waals surface area contributed by atoms with Gasteiger partial charge in [0, 0.05) is 10.4 Å². The van der Waals surface area contributed by atoms with Gasteiger partial charge in [-0.05, 0) is 46.5 Å². The summed E-state index contributed by atoms with van der Waals surface area (Å²) >= 11 is 3.41. The van der Waals surface area contributed by atoms with Crippen LogP contribution in [0.25, 0.3) is 0 Å². The first-order chi connectivity index (χ1) is 15.1. The van der Waals surface area contributed by atoms with Gasteiger partial charge in [-0.15, -0.1) is 5.16 Å². The number of carbonyl (C=O) groups excluding carboxylic acids is 2. The molecule has 5 nitrogen and oxygen atoms in total. The van der Waals surface area contributed by atoms with Crippen molar-refractivity contribution in [2.75, 3.05) is 4.90 Å². The Morgan fingerprint density at radius 1 is 0.871 bits per heavy atom. The number of hydrogen-bond acceptors (Lipinski definition) is 4. The molecule has 31 heavy (non-hydrogen) atoms. The Bertz CT molecular complexity index is 1240. The van der Waals surface area contributed by atoms with Gasteiger partial charge in [-0.1, -0.05) is 64.5 Å². The van der Waals surface area contributed by atoms with E-state index in [1.807, 2.05) is 60.7 Å². The van der Waals surface area contributed by atoms with Crippen LogP contribution < -0.4 is 4.90 Å². The summed E-state index contributed by atoms with van der Waals surface area (Å²) in [7, 11) is 0. The molecule has 3 aromatic carbocycles. The smallest absolute Gasteiger partial charge is 0.239 e. The van der Waals surface area contributed by atoms with E-state index in [1.54, 1.807) is 12.1 Å². The Morgan fingerprint density at radius 2 is 1.45 bits per heavy atom. The third-order valence-electron chi connectivity index (χ3n) is 7.03. The van der Waals surface area contributed by atoms with Crippen molar-refractivity contribution in [1.29, 1.82) is 0 Å². The Kier molecular flexibility index (Phi) is 3.81. The molecule has 0 aromatic heterocycles. The van der Waals surface area contributed by atoms with Crippen molar-refractivity contribution in [1.82, 2.24) is 0 Å². The van der Waals surface area contributed by atoms with E-state index >= 15 is 0 Å². The van der Waals surface area contributed by atoms with Crippen LogP contribution in [-0.2, 0) is 15.0 Å². The summed E-state index contributed by atoms with van der Waals surface area (Å²) in [5, 5.41) is 13.2. The maximum absolute atomic E-state index is 13.9. The molecule has 1 aliphatic heterocycles. The van der Waals surface area contributed by atoms with E-state index in [4.69, 9.17) is 0 Å². The fraction of sp³-hybridized carbons (Fsp3) is 0.160. The number of carbonyl (C=O) groups is 2. The molecule has 6 heteroatoms. The first kappa shape index (κ1) is 18.5. The minimum absolute atomic E-state index is 0.206. The summed E-state index contributed by atoms with van der Waals surface area (Å²) in [5.74, 6) is -1.91. The predicted molar refractivity (Wildman–Crippen MR) is 119 cm³/mol. The molecule has 0 radical (unpaired) electrons. The van der Waals surface area contributed by atoms with Crippen LogP contribution >= 0.6 is 15.9 Å². The van der Waals surface area contributed by atoms with Crippen molar-refractivity contribution in [2.24, 2.45) is 17.0 Å². The van der Waals surface area contributed by atoms with E-state index in [1.165, 1.54) is 11.1 Å². The number of anilines is 1. The lowest BCUT2D eigenvalue weighted by atomic mass is 9.47. The molecule has 0 unspecified atom stereocenters. The van der Waals surface area contributed by atoms with Crippen molar-refractivity contribution < 1.29 is 14.8 Å². The Balaban J connectivity index is 1.66. The first-order valence-corrected chi connectivity index (χ1v) is 10.9. The van der Waals surface area contributed by atoms with Crippen LogP contribution in [0.2, 0.25) is 0 Å². The lowest BCUT2D eigenvalue weighted by Crippen LogP contribution is -2.54. The summed E-state index contributed by atoms with van der Waals surface area (Å²) in [6.07, 6.45) is 1.45. The summed E-state index contributed by atoms with van der Waals surface area (Å²) < 4.78 is 0.872. The van der Waals surface area contributed by atoms with E-state index in [0.717, 1.165) is 26.7 Å². The third kappa shape index (κ3) is 2.18. The minimum atomic E-state index is -1.00. The highest BCUT2D eigenvalue weighted by Gasteiger charge is 2.68. The van der Waals surface area contributed by atoms with Crippen LogP contribution in [-0.4, -0.2) is 23.2 Å². The zero-order chi connectivity index (χ0) is 21.3. The van der Waals surface area contributed by atoms with Crippen LogP contribution in [0.5, 0.6) is 0 Å². The second-order valence-corrected chi connectivity index (χ2v) is 9.17. The van der Waals surface area contributed by atoms with Gasteiger partial charge in [-0.25, -0.2) is 4.90 Å². The number of oxime groups is 1. The Labute approximate surface area is 187 Å². The molecule has 4 aliphatic rings. The summed E-state index contributed by atoms with van der Waals surface area (Å²) in [6.45, 7) is 0. The van der Waals surface area contributed by atoms with Crippen LogP contribution in [0.3, 0.4) is 0 Å². The lowest BCUT2D eigenvalue weighted by Gasteiger charge is -2.52. The fourth-order valence-electron chi connectivity index (χ4n) is 5.99. The number of nitrogens with zero attached hydrogens (tertiary/aromatic N) is 2.